The third kappa shape index (κ3) is 2.25. The highest BCUT2D eigenvalue weighted by Gasteiger charge is 2.42. The fourth-order valence-corrected chi connectivity index (χ4v) is 2.01. The Labute approximate surface area is 107 Å². The van der Waals surface area contributed by atoms with Crippen LogP contribution in [0.4, 0.5) is 0 Å². The molecule has 6 nitrogen and oxygen atoms in total. The van der Waals surface area contributed by atoms with Crippen molar-refractivity contribution in [3.63, 3.8) is 0 Å². The molecule has 100 valence electrons. The van der Waals surface area contributed by atoms with Crippen molar-refractivity contribution in [2.45, 2.75) is 39.8 Å². The summed E-state index contributed by atoms with van der Waals surface area (Å²) in [5.74, 6) is 0.850. The first-order valence-electron chi connectivity index (χ1n) is 6.37. The van der Waals surface area contributed by atoms with Gasteiger partial charge in [-0.25, -0.2) is 9.67 Å². The number of nitrogens with zero attached hydrogens (tertiary/aromatic N) is 3. The highest BCUT2D eigenvalue weighted by atomic mass is 16.5. The van der Waals surface area contributed by atoms with Gasteiger partial charge in [0, 0.05) is 6.54 Å². The summed E-state index contributed by atoms with van der Waals surface area (Å²) in [6.07, 6.45) is 2.32. The number of carbonyl (C=O) groups is 1. The van der Waals surface area contributed by atoms with Crippen LogP contribution in [0.2, 0.25) is 0 Å². The van der Waals surface area contributed by atoms with Gasteiger partial charge in [-0.1, -0.05) is 6.92 Å². The van der Waals surface area contributed by atoms with Gasteiger partial charge in [-0.2, -0.15) is 5.10 Å². The number of aromatic nitrogens is 3. The van der Waals surface area contributed by atoms with Gasteiger partial charge in [-0.15, -0.1) is 0 Å². The summed E-state index contributed by atoms with van der Waals surface area (Å²) in [6.45, 7) is 7.70. The van der Waals surface area contributed by atoms with Crippen LogP contribution < -0.4 is 5.32 Å². The Morgan fingerprint density at radius 1 is 1.61 bits per heavy atom. The third-order valence-electron chi connectivity index (χ3n) is 3.36. The largest absolute Gasteiger partial charge is 0.379 e. The maximum atomic E-state index is 12.2. The molecule has 1 unspecified atom stereocenters. The molecule has 1 N–H and O–H groups in total. The number of ether oxygens (including phenoxy) is 1. The van der Waals surface area contributed by atoms with Crippen LogP contribution in [0.1, 0.15) is 39.1 Å². The second kappa shape index (κ2) is 5.06. The molecule has 0 spiro atoms. The van der Waals surface area contributed by atoms with E-state index in [2.05, 4.69) is 15.4 Å². The predicted octanol–water partition coefficient (Wildman–Crippen LogP) is 0.902. The van der Waals surface area contributed by atoms with Crippen LogP contribution in [0, 0.1) is 5.41 Å². The summed E-state index contributed by atoms with van der Waals surface area (Å²) in [4.78, 5) is 16.4. The van der Waals surface area contributed by atoms with E-state index in [0.717, 1.165) is 18.8 Å². The smallest absolute Gasteiger partial charge is 0.231 e. The highest BCUT2D eigenvalue weighted by molar-refractivity contribution is 5.83. The van der Waals surface area contributed by atoms with Crippen LogP contribution in [0.3, 0.4) is 0 Å². The van der Waals surface area contributed by atoms with Crippen LogP contribution in [-0.2, 0) is 16.1 Å². The molecule has 1 fully saturated rings. The first-order valence-corrected chi connectivity index (χ1v) is 6.37. The number of hydrogen-bond donors (Lipinski definition) is 1. The maximum absolute atomic E-state index is 12.2. The van der Waals surface area contributed by atoms with E-state index in [9.17, 15) is 4.79 Å². The van der Waals surface area contributed by atoms with Crippen LogP contribution in [0.25, 0.3) is 0 Å². The van der Waals surface area contributed by atoms with E-state index < -0.39 is 0 Å². The molecule has 0 radical (unpaired) electrons. The van der Waals surface area contributed by atoms with Crippen LogP contribution >= 0.6 is 0 Å². The zero-order valence-electron chi connectivity index (χ0n) is 11.1. The summed E-state index contributed by atoms with van der Waals surface area (Å²) >= 11 is 0. The first kappa shape index (κ1) is 13.0. The number of aryl methyl sites for hydroxylation is 1. The Balaban J connectivity index is 2.08. The molecule has 0 aliphatic carbocycles. The van der Waals surface area contributed by atoms with Crippen molar-refractivity contribution in [2.24, 2.45) is 5.41 Å². The van der Waals surface area contributed by atoms with Gasteiger partial charge in [0.25, 0.3) is 0 Å². The lowest BCUT2D eigenvalue weighted by Gasteiger charge is -2.37. The Hall–Kier alpha value is -1.43. The van der Waals surface area contributed by atoms with Crippen molar-refractivity contribution in [3.8, 4) is 0 Å². The minimum Gasteiger partial charge on any atom is -0.379 e. The van der Waals surface area contributed by atoms with Crippen LogP contribution in [0.5, 0.6) is 0 Å². The fraction of sp³-hybridized carbons (Fsp3) is 0.750. The maximum Gasteiger partial charge on any atom is 0.231 e. The van der Waals surface area contributed by atoms with Gasteiger partial charge in [0.15, 0.2) is 0 Å². The van der Waals surface area contributed by atoms with Crippen molar-refractivity contribution in [1.29, 1.82) is 0 Å². The summed E-state index contributed by atoms with van der Waals surface area (Å²) < 4.78 is 6.93. The number of carbonyl (C=O) groups excluding carboxylic acids is 1. The van der Waals surface area contributed by atoms with E-state index in [4.69, 9.17) is 4.74 Å². The zero-order valence-corrected chi connectivity index (χ0v) is 11.1. The first-order chi connectivity index (χ1) is 8.60. The van der Waals surface area contributed by atoms with Crippen molar-refractivity contribution in [2.75, 3.05) is 13.2 Å². The minimum atomic E-state index is -0.384. The molecular formula is C12H20N4O2. The number of rotatable bonds is 5. The summed E-state index contributed by atoms with van der Waals surface area (Å²) in [7, 11) is 0. The average Bonchev–Trinajstić information content (AvgIpc) is 2.80. The summed E-state index contributed by atoms with van der Waals surface area (Å²) in [6, 6.07) is -0.0858. The lowest BCUT2D eigenvalue weighted by molar-refractivity contribution is -0.158. The molecule has 1 saturated heterocycles. The van der Waals surface area contributed by atoms with Gasteiger partial charge >= 0.3 is 0 Å². The van der Waals surface area contributed by atoms with Crippen molar-refractivity contribution >= 4 is 5.91 Å². The van der Waals surface area contributed by atoms with Gasteiger partial charge in [0.1, 0.15) is 12.2 Å². The van der Waals surface area contributed by atoms with E-state index >= 15 is 0 Å². The van der Waals surface area contributed by atoms with E-state index in [1.807, 2.05) is 25.5 Å². The summed E-state index contributed by atoms with van der Waals surface area (Å²) in [5.41, 5.74) is -0.384. The Bertz CT molecular complexity index is 425. The molecule has 0 saturated carbocycles. The molecule has 1 aliphatic rings. The van der Waals surface area contributed by atoms with Crippen molar-refractivity contribution in [3.05, 3.63) is 12.2 Å². The zero-order chi connectivity index (χ0) is 13.2. The second-order valence-corrected chi connectivity index (χ2v) is 4.92. The quantitative estimate of drug-likeness (QED) is 0.845. The van der Waals surface area contributed by atoms with Gasteiger partial charge in [-0.05, 0) is 20.3 Å². The van der Waals surface area contributed by atoms with Gasteiger partial charge in [0.05, 0.1) is 24.7 Å². The highest BCUT2D eigenvalue weighted by Crippen LogP contribution is 2.28. The number of nitrogens with one attached hydrogen (secondary N) is 1. The lowest BCUT2D eigenvalue weighted by Crippen LogP contribution is -2.52. The minimum absolute atomic E-state index is 0.0336. The topological polar surface area (TPSA) is 69.0 Å². The van der Waals surface area contributed by atoms with E-state index in [1.165, 1.54) is 6.33 Å². The molecular weight excluding hydrogens is 232 g/mol. The lowest BCUT2D eigenvalue weighted by atomic mass is 9.87. The molecule has 2 rings (SSSR count). The number of hydrogen-bond acceptors (Lipinski definition) is 4. The molecule has 0 aromatic carbocycles. The Kier molecular flexibility index (Phi) is 3.65. The molecule has 1 atom stereocenters. The second-order valence-electron chi connectivity index (χ2n) is 4.92. The molecule has 1 aliphatic heterocycles. The molecule has 1 aromatic heterocycles. The molecule has 2 heterocycles. The molecule has 0 bridgehead atoms. The van der Waals surface area contributed by atoms with E-state index in [1.54, 1.807) is 0 Å². The fourth-order valence-electron chi connectivity index (χ4n) is 2.01. The number of amides is 1. The molecule has 1 aromatic rings. The normalized spacial score (nSPS) is 19.1. The Morgan fingerprint density at radius 3 is 2.83 bits per heavy atom. The van der Waals surface area contributed by atoms with E-state index in [-0.39, 0.29) is 17.4 Å². The van der Waals surface area contributed by atoms with Crippen LogP contribution in [-0.4, -0.2) is 33.9 Å². The van der Waals surface area contributed by atoms with Gasteiger partial charge < -0.3 is 10.1 Å². The predicted molar refractivity (Wildman–Crippen MR) is 65.8 cm³/mol. The summed E-state index contributed by atoms with van der Waals surface area (Å²) in [5, 5.41) is 7.18. The van der Waals surface area contributed by atoms with Crippen molar-refractivity contribution < 1.29 is 9.53 Å². The van der Waals surface area contributed by atoms with Gasteiger partial charge in [0.2, 0.25) is 5.91 Å². The average molecular weight is 252 g/mol. The van der Waals surface area contributed by atoms with Crippen LogP contribution in [0.15, 0.2) is 6.33 Å². The molecule has 1 amide bonds. The Morgan fingerprint density at radius 2 is 2.33 bits per heavy atom. The van der Waals surface area contributed by atoms with E-state index in [0.29, 0.717) is 13.2 Å². The third-order valence-corrected chi connectivity index (χ3v) is 3.36. The monoisotopic (exact) mass is 252 g/mol. The van der Waals surface area contributed by atoms with Gasteiger partial charge in [-0.3, -0.25) is 4.79 Å². The van der Waals surface area contributed by atoms with Crippen molar-refractivity contribution in [1.82, 2.24) is 20.1 Å². The molecule has 18 heavy (non-hydrogen) atoms. The SMILES string of the molecule is CCC(NC(=O)C1(C)COC1)c1ncnn1CC. The standard InChI is InChI=1S/C12H20N4O2/c1-4-9(10-13-8-14-16(10)5-2)15-11(17)12(3)6-18-7-12/h8-9H,4-7H2,1-3H3,(H,15,17). The molecule has 6 heteroatoms.